The van der Waals surface area contributed by atoms with E-state index in [1.807, 2.05) is 6.07 Å². The second-order valence-electron chi connectivity index (χ2n) is 5.69. The maximum absolute atomic E-state index is 6.48. The van der Waals surface area contributed by atoms with Crippen LogP contribution in [0.2, 0.25) is 0 Å². The standard InChI is InChI=1S/C18H20BrNO/c1-12-5-4-7-15(18(12)19)16(20)11-13-9-10-21-17-8-3-2-6-14(13)17/h2-8,13,16H,9-11,20H2,1H3. The molecule has 2 aromatic rings. The van der Waals surface area contributed by atoms with E-state index in [-0.39, 0.29) is 6.04 Å². The van der Waals surface area contributed by atoms with Gasteiger partial charge in [-0.3, -0.25) is 0 Å². The van der Waals surface area contributed by atoms with Gasteiger partial charge in [-0.15, -0.1) is 0 Å². The fourth-order valence-electron chi connectivity index (χ4n) is 3.05. The molecule has 0 saturated carbocycles. The van der Waals surface area contributed by atoms with Crippen LogP contribution in [0.4, 0.5) is 0 Å². The molecule has 1 aliphatic heterocycles. The van der Waals surface area contributed by atoms with E-state index >= 15 is 0 Å². The second kappa shape index (κ2) is 6.20. The van der Waals surface area contributed by atoms with Gasteiger partial charge in [0.1, 0.15) is 5.75 Å². The number of ether oxygens (including phenoxy) is 1. The highest BCUT2D eigenvalue weighted by Crippen LogP contribution is 2.39. The van der Waals surface area contributed by atoms with Gasteiger partial charge in [-0.2, -0.15) is 0 Å². The predicted octanol–water partition coefficient (Wildman–Crippen LogP) is 4.71. The molecule has 1 aliphatic rings. The molecule has 1 heterocycles. The first kappa shape index (κ1) is 14.6. The van der Waals surface area contributed by atoms with Crippen molar-refractivity contribution in [1.82, 2.24) is 0 Å². The molecule has 0 aliphatic carbocycles. The minimum absolute atomic E-state index is 0.0374. The Morgan fingerprint density at radius 3 is 2.90 bits per heavy atom. The molecule has 21 heavy (non-hydrogen) atoms. The van der Waals surface area contributed by atoms with Crippen molar-refractivity contribution in [3.8, 4) is 5.75 Å². The number of nitrogens with two attached hydrogens (primary N) is 1. The summed E-state index contributed by atoms with van der Waals surface area (Å²) in [7, 11) is 0. The van der Waals surface area contributed by atoms with Gasteiger partial charge in [-0.1, -0.05) is 52.3 Å². The highest BCUT2D eigenvalue weighted by atomic mass is 79.9. The molecule has 3 rings (SSSR count). The van der Waals surface area contributed by atoms with Gasteiger partial charge in [-0.05, 0) is 48.4 Å². The quantitative estimate of drug-likeness (QED) is 0.873. The second-order valence-corrected chi connectivity index (χ2v) is 6.49. The minimum atomic E-state index is 0.0374. The third kappa shape index (κ3) is 2.99. The zero-order chi connectivity index (χ0) is 14.8. The first-order valence-corrected chi connectivity index (χ1v) is 8.18. The molecule has 2 nitrogen and oxygen atoms in total. The summed E-state index contributed by atoms with van der Waals surface area (Å²) in [5, 5.41) is 0. The number of hydrogen-bond donors (Lipinski definition) is 1. The van der Waals surface area contributed by atoms with Crippen LogP contribution in [0.25, 0.3) is 0 Å². The van der Waals surface area contributed by atoms with Gasteiger partial charge in [0, 0.05) is 10.5 Å². The Kier molecular flexibility index (Phi) is 4.32. The number of halogens is 1. The minimum Gasteiger partial charge on any atom is -0.493 e. The maximum Gasteiger partial charge on any atom is 0.122 e. The third-order valence-corrected chi connectivity index (χ3v) is 5.33. The molecule has 2 unspecified atom stereocenters. The van der Waals surface area contributed by atoms with Crippen molar-refractivity contribution >= 4 is 15.9 Å². The Labute approximate surface area is 134 Å². The van der Waals surface area contributed by atoms with E-state index < -0.39 is 0 Å². The highest BCUT2D eigenvalue weighted by molar-refractivity contribution is 9.10. The van der Waals surface area contributed by atoms with Gasteiger partial charge in [0.2, 0.25) is 0 Å². The van der Waals surface area contributed by atoms with Gasteiger partial charge in [-0.25, -0.2) is 0 Å². The molecule has 0 fully saturated rings. The summed E-state index contributed by atoms with van der Waals surface area (Å²) in [6.45, 7) is 2.88. The van der Waals surface area contributed by atoms with Crippen LogP contribution in [0.3, 0.4) is 0 Å². The Morgan fingerprint density at radius 1 is 1.24 bits per heavy atom. The lowest BCUT2D eigenvalue weighted by atomic mass is 9.85. The SMILES string of the molecule is Cc1cccc(C(N)CC2CCOc3ccccc32)c1Br. The van der Waals surface area contributed by atoms with Crippen molar-refractivity contribution in [3.63, 3.8) is 0 Å². The molecular formula is C18H20BrNO. The zero-order valence-corrected chi connectivity index (χ0v) is 13.8. The summed E-state index contributed by atoms with van der Waals surface area (Å²) < 4.78 is 6.87. The molecule has 0 saturated heterocycles. The van der Waals surface area contributed by atoms with Crippen LogP contribution in [0.15, 0.2) is 46.9 Å². The van der Waals surface area contributed by atoms with Gasteiger partial charge in [0.05, 0.1) is 6.61 Å². The van der Waals surface area contributed by atoms with Crippen molar-refractivity contribution in [2.24, 2.45) is 5.73 Å². The molecule has 0 spiro atoms. The summed E-state index contributed by atoms with van der Waals surface area (Å²) in [6.07, 6.45) is 1.98. The van der Waals surface area contributed by atoms with E-state index in [1.165, 1.54) is 16.7 Å². The van der Waals surface area contributed by atoms with Gasteiger partial charge in [0.25, 0.3) is 0 Å². The van der Waals surface area contributed by atoms with Crippen LogP contribution in [-0.2, 0) is 0 Å². The molecule has 0 radical (unpaired) electrons. The van der Waals surface area contributed by atoms with Crippen LogP contribution in [0.1, 0.15) is 41.5 Å². The lowest BCUT2D eigenvalue weighted by Gasteiger charge is -2.28. The van der Waals surface area contributed by atoms with Gasteiger partial charge in [0.15, 0.2) is 0 Å². The van der Waals surface area contributed by atoms with Crippen LogP contribution in [0, 0.1) is 6.92 Å². The van der Waals surface area contributed by atoms with Crippen molar-refractivity contribution in [2.75, 3.05) is 6.61 Å². The fraction of sp³-hybridized carbons (Fsp3) is 0.333. The van der Waals surface area contributed by atoms with Crippen molar-refractivity contribution in [1.29, 1.82) is 0 Å². The van der Waals surface area contributed by atoms with E-state index in [9.17, 15) is 0 Å². The van der Waals surface area contributed by atoms with Gasteiger partial charge >= 0.3 is 0 Å². The van der Waals surface area contributed by atoms with Crippen LogP contribution >= 0.6 is 15.9 Å². The Morgan fingerprint density at radius 2 is 2.05 bits per heavy atom. The largest absolute Gasteiger partial charge is 0.493 e. The number of aryl methyl sites for hydroxylation is 1. The van der Waals surface area contributed by atoms with Crippen molar-refractivity contribution < 1.29 is 4.74 Å². The van der Waals surface area contributed by atoms with E-state index in [0.717, 1.165) is 29.7 Å². The Balaban J connectivity index is 1.83. The van der Waals surface area contributed by atoms with Gasteiger partial charge < -0.3 is 10.5 Å². The average molecular weight is 346 g/mol. The molecule has 3 heteroatoms. The average Bonchev–Trinajstić information content (AvgIpc) is 2.50. The lowest BCUT2D eigenvalue weighted by Crippen LogP contribution is -2.20. The molecule has 0 aromatic heterocycles. The predicted molar refractivity (Wildman–Crippen MR) is 89.7 cm³/mol. The van der Waals surface area contributed by atoms with Crippen LogP contribution in [0.5, 0.6) is 5.75 Å². The molecule has 2 N–H and O–H groups in total. The number of fused-ring (bicyclic) bond motifs is 1. The number of para-hydroxylation sites is 1. The topological polar surface area (TPSA) is 35.2 Å². The monoisotopic (exact) mass is 345 g/mol. The molecule has 2 atom stereocenters. The zero-order valence-electron chi connectivity index (χ0n) is 12.2. The summed E-state index contributed by atoms with van der Waals surface area (Å²) in [4.78, 5) is 0. The smallest absolute Gasteiger partial charge is 0.122 e. The third-order valence-electron chi connectivity index (χ3n) is 4.24. The summed E-state index contributed by atoms with van der Waals surface area (Å²) in [6, 6.07) is 14.7. The number of hydrogen-bond acceptors (Lipinski definition) is 2. The first-order chi connectivity index (χ1) is 10.2. The molecule has 0 amide bonds. The summed E-state index contributed by atoms with van der Waals surface area (Å²) in [5.74, 6) is 1.49. The highest BCUT2D eigenvalue weighted by Gasteiger charge is 2.24. The van der Waals surface area contributed by atoms with E-state index in [1.54, 1.807) is 0 Å². The van der Waals surface area contributed by atoms with E-state index in [2.05, 4.69) is 59.3 Å². The van der Waals surface area contributed by atoms with E-state index in [4.69, 9.17) is 10.5 Å². The summed E-state index contributed by atoms with van der Waals surface area (Å²) >= 11 is 3.67. The normalized spacial score (nSPS) is 18.7. The molecule has 0 bridgehead atoms. The fourth-order valence-corrected chi connectivity index (χ4v) is 3.61. The first-order valence-electron chi connectivity index (χ1n) is 7.39. The number of benzene rings is 2. The molecule has 2 aromatic carbocycles. The Bertz CT molecular complexity index is 641. The molecule has 110 valence electrons. The van der Waals surface area contributed by atoms with E-state index in [0.29, 0.717) is 5.92 Å². The molecular weight excluding hydrogens is 326 g/mol. The summed E-state index contributed by atoms with van der Waals surface area (Å²) in [5.41, 5.74) is 10.2. The van der Waals surface area contributed by atoms with Crippen LogP contribution in [-0.4, -0.2) is 6.61 Å². The van der Waals surface area contributed by atoms with Crippen molar-refractivity contribution in [2.45, 2.75) is 31.7 Å². The number of rotatable bonds is 3. The maximum atomic E-state index is 6.48. The van der Waals surface area contributed by atoms with Crippen LogP contribution < -0.4 is 10.5 Å². The van der Waals surface area contributed by atoms with Crippen molar-refractivity contribution in [3.05, 3.63) is 63.6 Å². The lowest BCUT2D eigenvalue weighted by molar-refractivity contribution is 0.259. The Hall–Kier alpha value is -1.32.